The van der Waals surface area contributed by atoms with Crippen LogP contribution in [0, 0.1) is 0 Å². The van der Waals surface area contributed by atoms with Crippen molar-refractivity contribution in [2.75, 3.05) is 4.72 Å². The SMILES string of the molecule is O=S(=O)(Nc1ccc(O)c(Sc2nc3ccccc3s2)c1)c1ccccc1. The maximum Gasteiger partial charge on any atom is 0.261 e. The van der Waals surface area contributed by atoms with Gasteiger partial charge in [0.1, 0.15) is 5.75 Å². The van der Waals surface area contributed by atoms with E-state index >= 15 is 0 Å². The fourth-order valence-electron chi connectivity index (χ4n) is 2.46. The van der Waals surface area contributed by atoms with E-state index in [0.29, 0.717) is 10.6 Å². The van der Waals surface area contributed by atoms with Gasteiger partial charge >= 0.3 is 0 Å². The van der Waals surface area contributed by atoms with Gasteiger partial charge in [0.25, 0.3) is 10.0 Å². The van der Waals surface area contributed by atoms with Gasteiger partial charge in [0, 0.05) is 0 Å². The molecule has 2 N–H and O–H groups in total. The van der Waals surface area contributed by atoms with Gasteiger partial charge in [-0.2, -0.15) is 0 Å². The van der Waals surface area contributed by atoms with E-state index in [4.69, 9.17) is 0 Å². The lowest BCUT2D eigenvalue weighted by atomic mass is 10.3. The van der Waals surface area contributed by atoms with E-state index in [2.05, 4.69) is 9.71 Å². The van der Waals surface area contributed by atoms with Gasteiger partial charge in [-0.1, -0.05) is 42.1 Å². The number of nitrogens with zero attached hydrogens (tertiary/aromatic N) is 1. The number of thiazole rings is 1. The van der Waals surface area contributed by atoms with Crippen LogP contribution in [0.3, 0.4) is 0 Å². The van der Waals surface area contributed by atoms with Crippen LogP contribution in [-0.2, 0) is 10.0 Å². The van der Waals surface area contributed by atoms with Gasteiger partial charge in [-0.15, -0.1) is 11.3 Å². The molecular weight excluding hydrogens is 400 g/mol. The average molecular weight is 415 g/mol. The Morgan fingerprint density at radius 1 is 0.963 bits per heavy atom. The molecule has 0 fully saturated rings. The van der Waals surface area contributed by atoms with Crippen LogP contribution >= 0.6 is 23.1 Å². The van der Waals surface area contributed by atoms with E-state index in [1.165, 1.54) is 47.4 Å². The van der Waals surface area contributed by atoms with E-state index in [9.17, 15) is 13.5 Å². The van der Waals surface area contributed by atoms with Gasteiger partial charge < -0.3 is 5.11 Å². The van der Waals surface area contributed by atoms with E-state index in [1.807, 2.05) is 24.3 Å². The van der Waals surface area contributed by atoms with Crippen molar-refractivity contribution in [1.82, 2.24) is 4.98 Å². The van der Waals surface area contributed by atoms with Gasteiger partial charge in [-0.25, -0.2) is 13.4 Å². The predicted octanol–water partition coefficient (Wildman–Crippen LogP) is 4.95. The number of nitrogens with one attached hydrogen (secondary N) is 1. The maximum atomic E-state index is 12.5. The third-order valence-corrected chi connectivity index (χ3v) is 7.28. The highest BCUT2D eigenvalue weighted by molar-refractivity contribution is 8.01. The molecule has 0 bridgehead atoms. The lowest BCUT2D eigenvalue weighted by Crippen LogP contribution is -2.12. The smallest absolute Gasteiger partial charge is 0.261 e. The summed E-state index contributed by atoms with van der Waals surface area (Å²) in [6.45, 7) is 0. The lowest BCUT2D eigenvalue weighted by molar-refractivity contribution is 0.462. The van der Waals surface area contributed by atoms with Gasteiger partial charge in [0.15, 0.2) is 4.34 Å². The first kappa shape index (κ1) is 17.8. The molecule has 0 saturated heterocycles. The zero-order valence-corrected chi connectivity index (χ0v) is 16.3. The number of fused-ring (bicyclic) bond motifs is 1. The maximum absolute atomic E-state index is 12.5. The van der Waals surface area contributed by atoms with Crippen molar-refractivity contribution in [3.8, 4) is 5.75 Å². The number of phenols is 1. The number of anilines is 1. The molecule has 8 heteroatoms. The fraction of sp³-hybridized carbons (Fsp3) is 0. The molecule has 0 amide bonds. The first-order chi connectivity index (χ1) is 13.0. The molecule has 0 aliphatic rings. The van der Waals surface area contributed by atoms with Crippen molar-refractivity contribution in [2.24, 2.45) is 0 Å². The number of para-hydroxylation sites is 1. The Bertz CT molecular complexity index is 1170. The summed E-state index contributed by atoms with van der Waals surface area (Å²) in [5.74, 6) is 0.0712. The van der Waals surface area contributed by atoms with Crippen molar-refractivity contribution >= 4 is 49.0 Å². The van der Waals surface area contributed by atoms with Crippen LogP contribution in [0.2, 0.25) is 0 Å². The van der Waals surface area contributed by atoms with Crippen LogP contribution in [0.4, 0.5) is 5.69 Å². The van der Waals surface area contributed by atoms with Crippen LogP contribution in [0.15, 0.2) is 86.9 Å². The monoisotopic (exact) mass is 414 g/mol. The summed E-state index contributed by atoms with van der Waals surface area (Å²) >= 11 is 2.82. The van der Waals surface area contributed by atoms with Gasteiger partial charge in [-0.3, -0.25) is 4.72 Å². The Balaban J connectivity index is 1.61. The quantitative estimate of drug-likeness (QED) is 0.452. The van der Waals surface area contributed by atoms with Crippen LogP contribution < -0.4 is 4.72 Å². The minimum absolute atomic E-state index is 0.0712. The number of aromatic nitrogens is 1. The standard InChI is InChI=1S/C19H14N2O3S3/c22-16-11-10-13(21-27(23,24)14-6-2-1-3-7-14)12-18(16)26-19-20-15-8-4-5-9-17(15)25-19/h1-12,21-22H. The molecule has 0 aliphatic carbocycles. The Labute approximate surface area is 164 Å². The zero-order chi connectivity index (χ0) is 18.9. The molecule has 0 saturated carbocycles. The highest BCUT2D eigenvalue weighted by Crippen LogP contribution is 2.39. The summed E-state index contributed by atoms with van der Waals surface area (Å²) in [7, 11) is -3.69. The second-order valence-corrected chi connectivity index (χ2v) is 9.65. The summed E-state index contributed by atoms with van der Waals surface area (Å²) in [4.78, 5) is 5.24. The van der Waals surface area contributed by atoms with Crippen molar-refractivity contribution in [2.45, 2.75) is 14.1 Å². The number of sulfonamides is 1. The van der Waals surface area contributed by atoms with E-state index in [0.717, 1.165) is 14.6 Å². The lowest BCUT2D eigenvalue weighted by Gasteiger charge is -2.10. The Morgan fingerprint density at radius 3 is 2.48 bits per heavy atom. The molecular formula is C19H14N2O3S3. The summed E-state index contributed by atoms with van der Waals surface area (Å²) in [5, 5.41) is 10.2. The highest BCUT2D eigenvalue weighted by Gasteiger charge is 2.15. The fourth-order valence-corrected chi connectivity index (χ4v) is 5.63. The largest absolute Gasteiger partial charge is 0.507 e. The van der Waals surface area contributed by atoms with Crippen molar-refractivity contribution in [3.05, 3.63) is 72.8 Å². The third-order valence-electron chi connectivity index (χ3n) is 3.74. The molecule has 5 nitrogen and oxygen atoms in total. The van der Waals surface area contributed by atoms with Crippen LogP contribution in [0.5, 0.6) is 5.75 Å². The first-order valence-electron chi connectivity index (χ1n) is 7.95. The Kier molecular flexibility index (Phi) is 4.77. The summed E-state index contributed by atoms with van der Waals surface area (Å²) in [6.07, 6.45) is 0. The van der Waals surface area contributed by atoms with Crippen LogP contribution in [0.25, 0.3) is 10.2 Å². The third kappa shape index (κ3) is 3.92. The van der Waals surface area contributed by atoms with Gasteiger partial charge in [0.05, 0.1) is 25.7 Å². The number of rotatable bonds is 5. The normalized spacial score (nSPS) is 11.6. The molecule has 0 spiro atoms. The van der Waals surface area contributed by atoms with Gasteiger partial charge in [-0.05, 0) is 42.5 Å². The van der Waals surface area contributed by atoms with Crippen LogP contribution in [0.1, 0.15) is 0 Å². The second kappa shape index (κ2) is 7.22. The van der Waals surface area contributed by atoms with E-state index in [-0.39, 0.29) is 10.6 Å². The molecule has 3 aromatic carbocycles. The zero-order valence-electron chi connectivity index (χ0n) is 13.9. The number of benzene rings is 3. The van der Waals surface area contributed by atoms with Crippen molar-refractivity contribution in [3.63, 3.8) is 0 Å². The highest BCUT2D eigenvalue weighted by atomic mass is 32.2. The minimum Gasteiger partial charge on any atom is -0.507 e. The number of aromatic hydroxyl groups is 1. The summed E-state index contributed by atoms with van der Waals surface area (Å²) in [5.41, 5.74) is 1.27. The molecule has 27 heavy (non-hydrogen) atoms. The minimum atomic E-state index is -3.69. The van der Waals surface area contributed by atoms with E-state index in [1.54, 1.807) is 24.3 Å². The number of phenolic OH excluding ortho intramolecular Hbond substituents is 1. The predicted molar refractivity (Wildman–Crippen MR) is 109 cm³/mol. The molecule has 0 atom stereocenters. The average Bonchev–Trinajstić information content (AvgIpc) is 3.07. The number of hydrogen-bond donors (Lipinski definition) is 2. The van der Waals surface area contributed by atoms with Crippen molar-refractivity contribution < 1.29 is 13.5 Å². The van der Waals surface area contributed by atoms with Crippen LogP contribution in [-0.4, -0.2) is 18.5 Å². The second-order valence-electron chi connectivity index (χ2n) is 5.65. The molecule has 136 valence electrons. The van der Waals surface area contributed by atoms with Gasteiger partial charge in [0.2, 0.25) is 0 Å². The summed E-state index contributed by atoms with van der Waals surface area (Å²) < 4.78 is 29.3. The Hall–Kier alpha value is -2.55. The summed E-state index contributed by atoms with van der Waals surface area (Å²) in [6, 6.07) is 20.5. The van der Waals surface area contributed by atoms with E-state index < -0.39 is 10.0 Å². The molecule has 1 aromatic heterocycles. The molecule has 4 aromatic rings. The Morgan fingerprint density at radius 2 is 1.70 bits per heavy atom. The molecule has 0 radical (unpaired) electrons. The van der Waals surface area contributed by atoms with Crippen molar-refractivity contribution in [1.29, 1.82) is 0 Å². The molecule has 0 unspecified atom stereocenters. The molecule has 4 rings (SSSR count). The number of hydrogen-bond acceptors (Lipinski definition) is 6. The molecule has 0 aliphatic heterocycles. The first-order valence-corrected chi connectivity index (χ1v) is 11.1. The topological polar surface area (TPSA) is 79.3 Å². The molecule has 1 heterocycles.